The van der Waals surface area contributed by atoms with Gasteiger partial charge in [-0.2, -0.15) is 0 Å². The first-order valence-electron chi connectivity index (χ1n) is 5.32. The number of hydrogen-bond donors (Lipinski definition) is 2. The van der Waals surface area contributed by atoms with Gasteiger partial charge in [0.25, 0.3) is 0 Å². The van der Waals surface area contributed by atoms with Gasteiger partial charge < -0.3 is 10.2 Å². The van der Waals surface area contributed by atoms with Gasteiger partial charge in [0.15, 0.2) is 0 Å². The first kappa shape index (κ1) is 9.04. The molecule has 0 spiro atoms. The first-order valence-corrected chi connectivity index (χ1v) is 5.32. The molecule has 3 aromatic rings. The molecule has 1 aromatic heterocycles. The highest BCUT2D eigenvalue weighted by molar-refractivity contribution is 6.03. The Morgan fingerprint density at radius 2 is 1.44 bits per heavy atom. The van der Waals surface area contributed by atoms with Crippen LogP contribution >= 0.6 is 0 Å². The van der Waals surface area contributed by atoms with Crippen molar-refractivity contribution in [2.24, 2.45) is 0 Å². The third-order valence-electron chi connectivity index (χ3n) is 2.73. The summed E-state index contributed by atoms with van der Waals surface area (Å²) in [5.41, 5.74) is 1.10. The van der Waals surface area contributed by atoms with Crippen molar-refractivity contribution >= 4 is 21.7 Å². The summed E-state index contributed by atoms with van der Waals surface area (Å²) in [6.07, 6.45) is 1.91. The maximum absolute atomic E-state index is 3.17. The summed E-state index contributed by atoms with van der Waals surface area (Å²) in [5, 5.41) is 9.92. The molecule has 2 heteroatoms. The average Bonchev–Trinajstić information content (AvgIpc) is 2.33. The Hall–Kier alpha value is -2.22. The van der Waals surface area contributed by atoms with Crippen molar-refractivity contribution in [1.29, 1.82) is 0 Å². The zero-order valence-corrected chi connectivity index (χ0v) is 8.77. The van der Waals surface area contributed by atoms with Crippen LogP contribution in [0.3, 0.4) is 0 Å². The van der Waals surface area contributed by atoms with E-state index in [1.54, 1.807) is 0 Å². The lowest BCUT2D eigenvalue weighted by Crippen LogP contribution is -1.80. The predicted molar refractivity (Wildman–Crippen MR) is 67.8 cm³/mol. The largest absolute Gasteiger partial charge is 0.308 e. The lowest BCUT2D eigenvalue weighted by atomic mass is 10.1. The molecule has 0 atom stereocenters. The topological polar surface area (TPSA) is 31.6 Å². The normalized spacial score (nSPS) is 10.5. The van der Waals surface area contributed by atoms with Crippen LogP contribution < -0.4 is 0 Å². The van der Waals surface area contributed by atoms with Crippen LogP contribution in [0.4, 0.5) is 0 Å². The van der Waals surface area contributed by atoms with Crippen LogP contribution in [-0.4, -0.2) is 10.2 Å². The number of nitrogens with one attached hydrogen (secondary N) is 2. The van der Waals surface area contributed by atoms with Crippen LogP contribution in [0, 0.1) is 0 Å². The SMILES string of the molecule is c1ccc2c(c1)cc[nH][nH]c1ccccc12. The number of hydrogen-bond acceptors (Lipinski definition) is 0. The molecule has 0 aliphatic rings. The molecule has 1 heterocycles. The van der Waals surface area contributed by atoms with Crippen LogP contribution in [0.5, 0.6) is 0 Å². The van der Waals surface area contributed by atoms with Gasteiger partial charge in [-0.3, -0.25) is 0 Å². The lowest BCUT2D eigenvalue weighted by molar-refractivity contribution is 1.09. The van der Waals surface area contributed by atoms with Gasteiger partial charge >= 0.3 is 0 Å². The number of rotatable bonds is 0. The summed E-state index contributed by atoms with van der Waals surface area (Å²) in [6.45, 7) is 0. The Bertz CT molecular complexity index is 615. The molecule has 78 valence electrons. The highest BCUT2D eigenvalue weighted by atomic mass is 15.1. The Balaban J connectivity index is 2.63. The van der Waals surface area contributed by atoms with Crippen molar-refractivity contribution in [2.75, 3.05) is 0 Å². The first-order chi connectivity index (χ1) is 7.95. The maximum atomic E-state index is 3.17. The van der Waals surface area contributed by atoms with Crippen LogP contribution in [0.25, 0.3) is 21.7 Å². The second kappa shape index (κ2) is 3.74. The molecular formula is C14H12N2. The summed E-state index contributed by atoms with van der Waals surface area (Å²) < 4.78 is 0. The second-order valence-electron chi connectivity index (χ2n) is 3.74. The van der Waals surface area contributed by atoms with Gasteiger partial charge in [-0.1, -0.05) is 42.5 Å². The third-order valence-corrected chi connectivity index (χ3v) is 2.73. The van der Waals surface area contributed by atoms with Crippen molar-refractivity contribution in [3.8, 4) is 0 Å². The quantitative estimate of drug-likeness (QED) is 0.563. The molecule has 0 unspecified atom stereocenters. The molecule has 0 aliphatic carbocycles. The minimum absolute atomic E-state index is 1.10. The molecule has 0 fully saturated rings. The Kier molecular flexibility index (Phi) is 2.11. The Morgan fingerprint density at radius 3 is 2.38 bits per heavy atom. The Morgan fingerprint density at radius 1 is 0.688 bits per heavy atom. The number of aromatic nitrogens is 2. The molecule has 0 radical (unpaired) electrons. The van der Waals surface area contributed by atoms with Crippen molar-refractivity contribution in [3.63, 3.8) is 0 Å². The highest BCUT2D eigenvalue weighted by Crippen LogP contribution is 2.20. The molecule has 0 bridgehead atoms. The van der Waals surface area contributed by atoms with Crippen molar-refractivity contribution in [1.82, 2.24) is 10.2 Å². The number of para-hydroxylation sites is 1. The number of fused-ring (bicyclic) bond motifs is 3. The van der Waals surface area contributed by atoms with Crippen LogP contribution in [-0.2, 0) is 0 Å². The minimum atomic E-state index is 1.10. The summed E-state index contributed by atoms with van der Waals surface area (Å²) in [5.74, 6) is 0. The second-order valence-corrected chi connectivity index (χ2v) is 3.74. The standard InChI is InChI=1S/C14H12N2/c1-2-6-12-11(5-1)9-10-15-16-14-8-4-3-7-13(12)14/h1-10,15-16H. The zero-order valence-electron chi connectivity index (χ0n) is 8.77. The van der Waals surface area contributed by atoms with E-state index in [0.29, 0.717) is 0 Å². The summed E-state index contributed by atoms with van der Waals surface area (Å²) in [6, 6.07) is 18.7. The molecular weight excluding hydrogens is 196 g/mol. The monoisotopic (exact) mass is 208 g/mol. The van der Waals surface area contributed by atoms with E-state index >= 15 is 0 Å². The zero-order chi connectivity index (χ0) is 10.8. The molecule has 2 nitrogen and oxygen atoms in total. The number of H-pyrrole nitrogens is 2. The lowest BCUT2D eigenvalue weighted by Gasteiger charge is -2.00. The molecule has 0 saturated carbocycles. The number of aromatic amines is 2. The number of benzene rings is 2. The van der Waals surface area contributed by atoms with Crippen LogP contribution in [0.15, 0.2) is 60.8 Å². The van der Waals surface area contributed by atoms with E-state index in [0.717, 1.165) is 5.52 Å². The van der Waals surface area contributed by atoms with Gasteiger partial charge in [-0.05, 0) is 22.9 Å². The molecule has 3 rings (SSSR count). The van der Waals surface area contributed by atoms with E-state index in [1.165, 1.54) is 16.2 Å². The van der Waals surface area contributed by atoms with Gasteiger partial charge in [0.2, 0.25) is 0 Å². The van der Waals surface area contributed by atoms with Gasteiger partial charge in [0.05, 0.1) is 5.52 Å². The molecule has 0 amide bonds. The Labute approximate surface area is 93.2 Å². The van der Waals surface area contributed by atoms with Crippen LogP contribution in [0.1, 0.15) is 0 Å². The molecule has 0 aliphatic heterocycles. The van der Waals surface area contributed by atoms with E-state index in [2.05, 4.69) is 58.7 Å². The maximum Gasteiger partial charge on any atom is 0.0618 e. The van der Waals surface area contributed by atoms with Gasteiger partial charge in [0.1, 0.15) is 0 Å². The fraction of sp³-hybridized carbons (Fsp3) is 0. The van der Waals surface area contributed by atoms with E-state index in [9.17, 15) is 0 Å². The molecule has 2 N–H and O–H groups in total. The fourth-order valence-electron chi connectivity index (χ4n) is 1.97. The average molecular weight is 208 g/mol. The van der Waals surface area contributed by atoms with Gasteiger partial charge in [0, 0.05) is 11.6 Å². The van der Waals surface area contributed by atoms with E-state index in [4.69, 9.17) is 0 Å². The van der Waals surface area contributed by atoms with E-state index in [1.807, 2.05) is 12.3 Å². The molecule has 0 saturated heterocycles. The summed E-state index contributed by atoms with van der Waals surface area (Å²) >= 11 is 0. The van der Waals surface area contributed by atoms with E-state index in [-0.39, 0.29) is 0 Å². The predicted octanol–water partition coefficient (Wildman–Crippen LogP) is 3.77. The van der Waals surface area contributed by atoms with Crippen molar-refractivity contribution in [3.05, 3.63) is 60.8 Å². The summed E-state index contributed by atoms with van der Waals surface area (Å²) in [7, 11) is 0. The summed E-state index contributed by atoms with van der Waals surface area (Å²) in [4.78, 5) is 0. The van der Waals surface area contributed by atoms with Crippen molar-refractivity contribution in [2.45, 2.75) is 0 Å². The van der Waals surface area contributed by atoms with Gasteiger partial charge in [-0.25, -0.2) is 0 Å². The smallest absolute Gasteiger partial charge is 0.0618 e. The third kappa shape index (κ3) is 1.44. The fourth-order valence-corrected chi connectivity index (χ4v) is 1.97. The highest BCUT2D eigenvalue weighted by Gasteiger charge is 1.95. The minimum Gasteiger partial charge on any atom is -0.308 e. The molecule has 16 heavy (non-hydrogen) atoms. The molecule has 2 aromatic carbocycles. The van der Waals surface area contributed by atoms with E-state index < -0.39 is 0 Å². The van der Waals surface area contributed by atoms with Crippen LogP contribution in [0.2, 0.25) is 0 Å². The van der Waals surface area contributed by atoms with Crippen molar-refractivity contribution < 1.29 is 0 Å². The van der Waals surface area contributed by atoms with Gasteiger partial charge in [-0.15, -0.1) is 0 Å².